The van der Waals surface area contributed by atoms with E-state index in [1.165, 1.54) is 0 Å². The average Bonchev–Trinajstić information content (AvgIpc) is 3.16. The number of hydrogen-bond donors (Lipinski definition) is 5. The summed E-state index contributed by atoms with van der Waals surface area (Å²) in [5.74, 6) is 0.453. The summed E-state index contributed by atoms with van der Waals surface area (Å²) in [7, 11) is 0. The van der Waals surface area contributed by atoms with Crippen molar-refractivity contribution in [1.29, 1.82) is 0 Å². The number of nitrogens with one attached hydrogen (secondary N) is 1. The van der Waals surface area contributed by atoms with Gasteiger partial charge in [0.1, 0.15) is 11.6 Å². The van der Waals surface area contributed by atoms with E-state index in [1.807, 2.05) is 24.3 Å². The first-order valence-electron chi connectivity index (χ1n) is 18.7. The minimum Gasteiger partial charge on any atom is -0.392 e. The molecule has 304 valence electrons. The number of carbonyl (C=O) groups is 2. The summed E-state index contributed by atoms with van der Waals surface area (Å²) in [5.41, 5.74) is 4.90. The molecule has 5 N–H and O–H groups in total. The fraction of sp³-hybridized carbons (Fsp3) is 0.650. The normalized spacial score (nSPS) is 10.6. The van der Waals surface area contributed by atoms with E-state index >= 15 is 0 Å². The molecule has 0 aromatic heterocycles. The van der Waals surface area contributed by atoms with Crippen LogP contribution in [0.25, 0.3) is 0 Å². The molecule has 0 aliphatic carbocycles. The van der Waals surface area contributed by atoms with E-state index in [-0.39, 0.29) is 38.0 Å². The maximum absolute atomic E-state index is 11.2. The van der Waals surface area contributed by atoms with Crippen LogP contribution in [0.5, 0.6) is 0 Å². The molecule has 0 aliphatic rings. The van der Waals surface area contributed by atoms with Gasteiger partial charge in [0.25, 0.3) is 0 Å². The summed E-state index contributed by atoms with van der Waals surface area (Å²) < 4.78 is 21.8. The molecular formula is C40H67BrN2O10. The van der Waals surface area contributed by atoms with Crippen molar-refractivity contribution in [2.75, 3.05) is 88.0 Å². The molecule has 0 amide bonds. The number of halogens is 1. The van der Waals surface area contributed by atoms with Gasteiger partial charge in [-0.3, -0.25) is 0 Å². The summed E-state index contributed by atoms with van der Waals surface area (Å²) in [6, 6.07) is 11.1. The molecule has 0 spiro atoms. The summed E-state index contributed by atoms with van der Waals surface area (Å²) in [4.78, 5) is 23.5. The predicted molar refractivity (Wildman–Crippen MR) is 215 cm³/mol. The molecule has 0 fully saturated rings. The number of ketones is 2. The Labute approximate surface area is 326 Å². The van der Waals surface area contributed by atoms with E-state index in [9.17, 15) is 19.8 Å². The smallest absolute Gasteiger partial charge is 0.129 e. The van der Waals surface area contributed by atoms with Crippen molar-refractivity contribution >= 4 is 38.9 Å². The maximum atomic E-state index is 11.2. The van der Waals surface area contributed by atoms with Crippen LogP contribution in [0.3, 0.4) is 0 Å². The lowest BCUT2D eigenvalue weighted by molar-refractivity contribution is -0.117. The van der Waals surface area contributed by atoms with Gasteiger partial charge in [0.2, 0.25) is 0 Å². The highest BCUT2D eigenvalue weighted by Gasteiger charge is 2.10. The molecule has 0 unspecified atom stereocenters. The fourth-order valence-electron chi connectivity index (χ4n) is 4.73. The van der Waals surface area contributed by atoms with E-state index in [0.717, 1.165) is 84.4 Å². The number of carbonyl (C=O) groups excluding carboxylic acids is 2. The third-order valence-corrected chi connectivity index (χ3v) is 7.89. The first-order chi connectivity index (χ1) is 25.7. The van der Waals surface area contributed by atoms with E-state index < -0.39 is 0 Å². The quantitative estimate of drug-likeness (QED) is 0.0513. The van der Waals surface area contributed by atoms with Gasteiger partial charge in [0, 0.05) is 62.4 Å². The van der Waals surface area contributed by atoms with Crippen molar-refractivity contribution in [3.8, 4) is 0 Å². The highest BCUT2D eigenvalue weighted by atomic mass is 79.9. The Morgan fingerprint density at radius 1 is 0.604 bits per heavy atom. The van der Waals surface area contributed by atoms with Crippen LogP contribution in [0, 0.1) is 0 Å². The zero-order valence-electron chi connectivity index (χ0n) is 32.6. The Kier molecular flexibility index (Phi) is 33.6. The number of alkyl halides is 1. The van der Waals surface area contributed by atoms with Gasteiger partial charge in [-0.05, 0) is 86.1 Å². The van der Waals surface area contributed by atoms with Crippen LogP contribution in [0.2, 0.25) is 0 Å². The zero-order valence-corrected chi connectivity index (χ0v) is 34.2. The SMILES string of the molecule is CC(=O)CCCBr.CCCOCCOCCN(CCCC(C)=O)c1cc(CO)cc(CO)c1.CCCOCCOCCNc1cc(CO)cc(CO)c1. The second kappa shape index (κ2) is 35.3. The van der Waals surface area contributed by atoms with Crippen LogP contribution in [-0.4, -0.2) is 110 Å². The largest absolute Gasteiger partial charge is 0.392 e. The second-order valence-electron chi connectivity index (χ2n) is 12.3. The molecular weight excluding hydrogens is 748 g/mol. The molecule has 0 saturated carbocycles. The van der Waals surface area contributed by atoms with Gasteiger partial charge in [0.05, 0.1) is 66.1 Å². The molecule has 0 saturated heterocycles. The van der Waals surface area contributed by atoms with Gasteiger partial charge < -0.3 is 59.2 Å². The molecule has 2 aromatic rings. The Morgan fingerprint density at radius 3 is 1.45 bits per heavy atom. The minimum absolute atomic E-state index is 0.0339. The predicted octanol–water partition coefficient (Wildman–Crippen LogP) is 5.57. The lowest BCUT2D eigenvalue weighted by Crippen LogP contribution is -2.29. The lowest BCUT2D eigenvalue weighted by atomic mass is 10.1. The van der Waals surface area contributed by atoms with Crippen LogP contribution in [-0.2, 0) is 55.0 Å². The van der Waals surface area contributed by atoms with Crippen molar-refractivity contribution in [3.05, 3.63) is 58.7 Å². The number of benzene rings is 2. The molecule has 0 bridgehead atoms. The molecule has 0 atom stereocenters. The molecule has 2 aromatic carbocycles. The van der Waals surface area contributed by atoms with Crippen molar-refractivity contribution in [3.63, 3.8) is 0 Å². The number of rotatable bonds is 29. The number of Topliss-reactive ketones (excluding diaryl/α,β-unsaturated/α-hetero) is 2. The topological polar surface area (TPSA) is 167 Å². The average molecular weight is 816 g/mol. The zero-order chi connectivity index (χ0) is 39.5. The monoisotopic (exact) mass is 814 g/mol. The van der Waals surface area contributed by atoms with Gasteiger partial charge in [-0.1, -0.05) is 41.9 Å². The Hall–Kier alpha value is -2.46. The van der Waals surface area contributed by atoms with Crippen molar-refractivity contribution in [2.45, 2.75) is 92.6 Å². The number of ether oxygens (including phenoxy) is 4. The van der Waals surface area contributed by atoms with Gasteiger partial charge >= 0.3 is 0 Å². The molecule has 0 heterocycles. The van der Waals surface area contributed by atoms with Crippen LogP contribution in [0.1, 0.15) is 88.5 Å². The maximum Gasteiger partial charge on any atom is 0.129 e. The summed E-state index contributed by atoms with van der Waals surface area (Å²) in [6.07, 6.45) is 5.00. The third kappa shape index (κ3) is 28.6. The van der Waals surface area contributed by atoms with E-state index in [2.05, 4.69) is 40.0 Å². The van der Waals surface area contributed by atoms with Crippen molar-refractivity contribution in [1.82, 2.24) is 0 Å². The molecule has 12 nitrogen and oxygen atoms in total. The number of nitrogens with zero attached hydrogens (tertiary/aromatic N) is 1. The Balaban J connectivity index is 0.000000884. The van der Waals surface area contributed by atoms with Gasteiger partial charge in [-0.25, -0.2) is 0 Å². The molecule has 0 radical (unpaired) electrons. The van der Waals surface area contributed by atoms with E-state index in [1.54, 1.807) is 26.0 Å². The Bertz CT molecular complexity index is 1160. The van der Waals surface area contributed by atoms with E-state index in [0.29, 0.717) is 65.6 Å². The lowest BCUT2D eigenvalue weighted by Gasteiger charge is -2.26. The van der Waals surface area contributed by atoms with Crippen LogP contribution in [0.4, 0.5) is 11.4 Å². The van der Waals surface area contributed by atoms with Crippen LogP contribution in [0.15, 0.2) is 36.4 Å². The summed E-state index contributed by atoms with van der Waals surface area (Å²) in [5, 5.41) is 41.3. The van der Waals surface area contributed by atoms with Crippen molar-refractivity contribution < 1.29 is 49.0 Å². The highest BCUT2D eigenvalue weighted by molar-refractivity contribution is 9.09. The minimum atomic E-state index is -0.0760. The van der Waals surface area contributed by atoms with E-state index in [4.69, 9.17) is 29.2 Å². The standard InChI is InChI=1S/C20H33NO5.C15H25NO4.C5H9BrO/c1-3-8-25-10-11-26-9-7-21(6-4-5-17(2)24)20-13-18(15-22)12-19(14-20)16-23;1-2-4-19-6-7-20-5-3-16-15-9-13(11-17)8-14(10-15)12-18;1-5(7)3-2-4-6/h12-14,22-23H,3-11,15-16H2,1-2H3;8-10,16-18H,2-7,11-12H2,1H3;2-4H2,1H3. The molecule has 0 aliphatic heterocycles. The molecule has 2 rings (SSSR count). The number of aliphatic hydroxyl groups excluding tert-OH is 4. The molecule has 53 heavy (non-hydrogen) atoms. The first-order valence-corrected chi connectivity index (χ1v) is 19.8. The van der Waals surface area contributed by atoms with Crippen LogP contribution < -0.4 is 10.2 Å². The number of anilines is 2. The van der Waals surface area contributed by atoms with Crippen LogP contribution >= 0.6 is 15.9 Å². The second-order valence-corrected chi connectivity index (χ2v) is 13.1. The molecule has 13 heteroatoms. The van der Waals surface area contributed by atoms with Gasteiger partial charge in [-0.15, -0.1) is 0 Å². The van der Waals surface area contributed by atoms with Crippen molar-refractivity contribution in [2.24, 2.45) is 0 Å². The fourth-order valence-corrected chi connectivity index (χ4v) is 5.02. The van der Waals surface area contributed by atoms with Gasteiger partial charge in [0.15, 0.2) is 0 Å². The number of aliphatic hydroxyl groups is 4. The third-order valence-electron chi connectivity index (χ3n) is 7.33. The summed E-state index contributed by atoms with van der Waals surface area (Å²) >= 11 is 3.23. The highest BCUT2D eigenvalue weighted by Crippen LogP contribution is 2.21. The first kappa shape index (κ1) is 50.5. The summed E-state index contributed by atoms with van der Waals surface area (Å²) in [6.45, 7) is 14.2. The van der Waals surface area contributed by atoms with Gasteiger partial charge in [-0.2, -0.15) is 0 Å². The Morgan fingerprint density at radius 2 is 1.04 bits per heavy atom. The number of hydrogen-bond acceptors (Lipinski definition) is 12.